The number of nitrogens with zero attached hydrogens (tertiary/aromatic N) is 1. The average molecular weight is 433 g/mol. The van der Waals surface area contributed by atoms with Crippen LogP contribution < -0.4 is 14.8 Å². The molecule has 150 valence electrons. The number of methoxy groups -OCH3 is 2. The van der Waals surface area contributed by atoms with Crippen LogP contribution in [0.4, 0.5) is 10.5 Å². The number of nitrogens with one attached hydrogen (secondary N) is 1. The predicted octanol–water partition coefficient (Wildman–Crippen LogP) is 4.03. The van der Waals surface area contributed by atoms with Crippen molar-refractivity contribution in [3.8, 4) is 11.5 Å². The molecule has 0 bridgehead atoms. The van der Waals surface area contributed by atoms with Crippen LogP contribution in [-0.4, -0.2) is 42.7 Å². The maximum Gasteiger partial charge on any atom is 0.294 e. The highest BCUT2D eigenvalue weighted by atomic mass is 35.5. The van der Waals surface area contributed by atoms with E-state index >= 15 is 0 Å². The summed E-state index contributed by atoms with van der Waals surface area (Å²) in [4.78, 5) is 38.3. The first kappa shape index (κ1) is 20.8. The molecule has 0 radical (unpaired) electrons. The molecule has 7 nitrogen and oxygen atoms in total. The van der Waals surface area contributed by atoms with Crippen LogP contribution in [0.25, 0.3) is 6.08 Å². The van der Waals surface area contributed by atoms with Crippen LogP contribution in [0.2, 0.25) is 5.02 Å². The van der Waals surface area contributed by atoms with Crippen LogP contribution in [0.15, 0.2) is 47.4 Å². The molecule has 29 heavy (non-hydrogen) atoms. The van der Waals surface area contributed by atoms with Crippen LogP contribution in [-0.2, 0) is 9.59 Å². The molecule has 2 aromatic rings. The molecule has 0 atom stereocenters. The molecule has 1 N–H and O–H groups in total. The molecule has 1 heterocycles. The average Bonchev–Trinajstić information content (AvgIpc) is 2.95. The number of rotatable bonds is 6. The van der Waals surface area contributed by atoms with Crippen molar-refractivity contribution in [3.63, 3.8) is 0 Å². The number of imide groups is 1. The van der Waals surface area contributed by atoms with Crippen LogP contribution in [0.1, 0.15) is 5.56 Å². The molecular weight excluding hydrogens is 416 g/mol. The van der Waals surface area contributed by atoms with Gasteiger partial charge in [0.25, 0.3) is 11.1 Å². The van der Waals surface area contributed by atoms with Crippen LogP contribution >= 0.6 is 23.4 Å². The Morgan fingerprint density at radius 1 is 1.17 bits per heavy atom. The molecule has 0 spiro atoms. The summed E-state index contributed by atoms with van der Waals surface area (Å²) >= 11 is 6.65. The van der Waals surface area contributed by atoms with Crippen molar-refractivity contribution < 1.29 is 23.9 Å². The van der Waals surface area contributed by atoms with E-state index in [-0.39, 0.29) is 4.91 Å². The van der Waals surface area contributed by atoms with Crippen molar-refractivity contribution in [2.45, 2.75) is 0 Å². The minimum absolute atomic E-state index is 0.192. The zero-order valence-electron chi connectivity index (χ0n) is 15.6. The van der Waals surface area contributed by atoms with E-state index in [1.165, 1.54) is 14.2 Å². The number of hydrogen-bond donors (Lipinski definition) is 1. The Balaban J connectivity index is 1.76. The molecule has 2 aromatic carbocycles. The van der Waals surface area contributed by atoms with Gasteiger partial charge in [-0.25, -0.2) is 0 Å². The second-order valence-electron chi connectivity index (χ2n) is 5.93. The molecule has 3 rings (SSSR count). The predicted molar refractivity (Wildman–Crippen MR) is 112 cm³/mol. The lowest BCUT2D eigenvalue weighted by molar-refractivity contribution is -0.127. The number of thioether (sulfide) groups is 1. The molecule has 1 aliphatic heterocycles. The maximum absolute atomic E-state index is 12.7. The van der Waals surface area contributed by atoms with Gasteiger partial charge in [-0.1, -0.05) is 17.7 Å². The quantitative estimate of drug-likeness (QED) is 0.693. The van der Waals surface area contributed by atoms with Gasteiger partial charge >= 0.3 is 0 Å². The van der Waals surface area contributed by atoms with Crippen molar-refractivity contribution in [1.29, 1.82) is 0 Å². The Bertz CT molecular complexity index is 1010. The van der Waals surface area contributed by atoms with E-state index in [0.29, 0.717) is 27.8 Å². The van der Waals surface area contributed by atoms with Gasteiger partial charge in [-0.2, -0.15) is 0 Å². The summed E-state index contributed by atoms with van der Waals surface area (Å²) in [6, 6.07) is 11.7. The summed E-state index contributed by atoms with van der Waals surface area (Å²) in [5.41, 5.74) is 1.06. The standard InChI is InChI=1S/C20H17ClN2O5S/c1-27-15-6-7-16(28-2)12(8-15)9-17-19(25)23(20(26)29-17)11-18(24)22-14-5-3-4-13(21)10-14/h3-10H,11H2,1-2H3,(H,22,24)/b17-9+. The zero-order valence-corrected chi connectivity index (χ0v) is 17.2. The van der Waals surface area contributed by atoms with Gasteiger partial charge in [-0.05, 0) is 54.2 Å². The van der Waals surface area contributed by atoms with E-state index < -0.39 is 23.6 Å². The fourth-order valence-electron chi connectivity index (χ4n) is 2.64. The summed E-state index contributed by atoms with van der Waals surface area (Å²) in [7, 11) is 3.03. The summed E-state index contributed by atoms with van der Waals surface area (Å²) in [5, 5.41) is 2.55. The summed E-state index contributed by atoms with van der Waals surface area (Å²) in [6.45, 7) is -0.399. The topological polar surface area (TPSA) is 84.9 Å². The molecule has 1 saturated heterocycles. The highest BCUT2D eigenvalue weighted by Crippen LogP contribution is 2.35. The minimum Gasteiger partial charge on any atom is -0.497 e. The minimum atomic E-state index is -0.550. The number of hydrogen-bond acceptors (Lipinski definition) is 6. The lowest BCUT2D eigenvalue weighted by Gasteiger charge is -2.12. The van der Waals surface area contributed by atoms with Crippen molar-refractivity contribution in [2.24, 2.45) is 0 Å². The lowest BCUT2D eigenvalue weighted by Crippen LogP contribution is -2.36. The van der Waals surface area contributed by atoms with Gasteiger partial charge in [0.1, 0.15) is 18.0 Å². The Morgan fingerprint density at radius 2 is 1.97 bits per heavy atom. The van der Waals surface area contributed by atoms with Gasteiger partial charge in [0, 0.05) is 16.3 Å². The normalized spacial score (nSPS) is 15.0. The largest absolute Gasteiger partial charge is 0.497 e. The van der Waals surface area contributed by atoms with Crippen LogP contribution in [0.3, 0.4) is 0 Å². The molecule has 0 aliphatic carbocycles. The van der Waals surface area contributed by atoms with E-state index in [1.807, 2.05) is 0 Å². The third-order valence-electron chi connectivity index (χ3n) is 4.01. The molecule has 3 amide bonds. The van der Waals surface area contributed by atoms with Gasteiger partial charge in [-0.3, -0.25) is 19.3 Å². The smallest absolute Gasteiger partial charge is 0.294 e. The first-order valence-electron chi connectivity index (χ1n) is 8.44. The first-order chi connectivity index (χ1) is 13.9. The Kier molecular flexibility index (Phi) is 6.46. The molecule has 1 fully saturated rings. The number of carbonyl (C=O) groups excluding carboxylic acids is 3. The fourth-order valence-corrected chi connectivity index (χ4v) is 3.66. The summed E-state index contributed by atoms with van der Waals surface area (Å²) < 4.78 is 10.5. The Labute approximate surface area is 176 Å². The third-order valence-corrected chi connectivity index (χ3v) is 5.15. The molecular formula is C20H17ClN2O5S. The zero-order chi connectivity index (χ0) is 21.0. The van der Waals surface area contributed by atoms with Gasteiger partial charge in [0.05, 0.1) is 19.1 Å². The lowest BCUT2D eigenvalue weighted by atomic mass is 10.1. The van der Waals surface area contributed by atoms with Crippen molar-refractivity contribution >= 4 is 52.2 Å². The number of ether oxygens (including phenoxy) is 2. The van der Waals surface area contributed by atoms with E-state index in [1.54, 1.807) is 48.5 Å². The first-order valence-corrected chi connectivity index (χ1v) is 9.63. The van der Waals surface area contributed by atoms with Crippen molar-refractivity contribution in [3.05, 3.63) is 58.0 Å². The monoisotopic (exact) mass is 432 g/mol. The summed E-state index contributed by atoms with van der Waals surface area (Å²) in [5.74, 6) is 0.0503. The summed E-state index contributed by atoms with van der Waals surface area (Å²) in [6.07, 6.45) is 1.54. The highest BCUT2D eigenvalue weighted by Gasteiger charge is 2.36. The van der Waals surface area contributed by atoms with E-state index in [2.05, 4.69) is 5.32 Å². The van der Waals surface area contributed by atoms with Crippen LogP contribution in [0, 0.1) is 0 Å². The molecule has 9 heteroatoms. The molecule has 0 aromatic heterocycles. The third kappa shape index (κ3) is 4.90. The van der Waals surface area contributed by atoms with Crippen molar-refractivity contribution in [1.82, 2.24) is 4.90 Å². The van der Waals surface area contributed by atoms with Gasteiger partial charge in [-0.15, -0.1) is 0 Å². The number of halogens is 1. The van der Waals surface area contributed by atoms with Gasteiger partial charge < -0.3 is 14.8 Å². The second-order valence-corrected chi connectivity index (χ2v) is 7.36. The highest BCUT2D eigenvalue weighted by molar-refractivity contribution is 8.18. The van der Waals surface area contributed by atoms with Crippen LogP contribution in [0.5, 0.6) is 11.5 Å². The molecule has 1 aliphatic rings. The van der Waals surface area contributed by atoms with Gasteiger partial charge in [0.15, 0.2) is 0 Å². The number of amides is 3. The van der Waals surface area contributed by atoms with E-state index in [9.17, 15) is 14.4 Å². The van der Waals surface area contributed by atoms with E-state index in [0.717, 1.165) is 16.7 Å². The van der Waals surface area contributed by atoms with Gasteiger partial charge in [0.2, 0.25) is 5.91 Å². The van der Waals surface area contributed by atoms with Crippen molar-refractivity contribution in [2.75, 3.05) is 26.1 Å². The number of carbonyl (C=O) groups is 3. The fraction of sp³-hybridized carbons (Fsp3) is 0.150. The number of benzene rings is 2. The SMILES string of the molecule is COc1ccc(OC)c(/C=C2/SC(=O)N(CC(=O)Nc3cccc(Cl)c3)C2=O)c1. The van der Waals surface area contributed by atoms with E-state index in [4.69, 9.17) is 21.1 Å². The molecule has 0 saturated carbocycles. The number of anilines is 1. The Morgan fingerprint density at radius 3 is 2.66 bits per heavy atom. The second kappa shape index (κ2) is 9.02. The maximum atomic E-state index is 12.7. The molecule has 0 unspecified atom stereocenters. The Hall–Kier alpha value is -2.97.